The fraction of sp³-hybridized carbons (Fsp3) is 0.417. The Bertz CT molecular complexity index is 1130. The molecule has 0 unspecified atom stereocenters. The second-order valence-electron chi connectivity index (χ2n) is 8.62. The average Bonchev–Trinajstić information content (AvgIpc) is 2.74. The zero-order valence-electron chi connectivity index (χ0n) is 19.6. The van der Waals surface area contributed by atoms with Gasteiger partial charge >= 0.3 is 0 Å². The van der Waals surface area contributed by atoms with Crippen molar-refractivity contribution in [1.82, 2.24) is 14.5 Å². The van der Waals surface area contributed by atoms with Crippen LogP contribution in [-0.4, -0.2) is 63.2 Å². The number of hydrogen-bond acceptors (Lipinski definition) is 5. The van der Waals surface area contributed by atoms with Crippen molar-refractivity contribution in [3.05, 3.63) is 59.2 Å². The smallest absolute Gasteiger partial charge is 0.245 e. The van der Waals surface area contributed by atoms with Crippen molar-refractivity contribution in [3.8, 4) is 0 Å². The first-order valence-electron chi connectivity index (χ1n) is 11.0. The van der Waals surface area contributed by atoms with Crippen LogP contribution in [0.25, 0.3) is 0 Å². The summed E-state index contributed by atoms with van der Waals surface area (Å²) in [6, 6.07) is 11.9. The third kappa shape index (κ3) is 5.98. The summed E-state index contributed by atoms with van der Waals surface area (Å²) in [6.45, 7) is 4.57. The van der Waals surface area contributed by atoms with E-state index in [0.717, 1.165) is 16.7 Å². The average molecular weight is 473 g/mol. The van der Waals surface area contributed by atoms with Crippen LogP contribution in [-0.2, 0) is 26.0 Å². The third-order valence-corrected chi connectivity index (χ3v) is 7.61. The van der Waals surface area contributed by atoms with Crippen molar-refractivity contribution in [2.75, 3.05) is 39.0 Å². The highest BCUT2D eigenvalue weighted by atomic mass is 32.2. The standard InChI is InChI=1S/C24H32N4O4S/c1-17-9-10-21(26-18(2)29)23(15-17)33(31,32)28-13-11-19-7-5-6-8-20(19)22(28)16-24(30)25-12-14-27(3)4/h5-10,15,22H,11-14,16H2,1-4H3,(H,25,30)(H,26,29)/t22-/m1/s1. The number of nitrogens with one attached hydrogen (secondary N) is 2. The monoisotopic (exact) mass is 472 g/mol. The molecule has 0 saturated heterocycles. The molecule has 2 aromatic carbocycles. The zero-order valence-corrected chi connectivity index (χ0v) is 20.4. The van der Waals surface area contributed by atoms with E-state index in [0.29, 0.717) is 19.5 Å². The Morgan fingerprint density at radius 1 is 1.15 bits per heavy atom. The molecule has 2 amide bonds. The highest BCUT2D eigenvalue weighted by molar-refractivity contribution is 7.89. The van der Waals surface area contributed by atoms with Gasteiger partial charge in [-0.3, -0.25) is 9.59 Å². The van der Waals surface area contributed by atoms with Gasteiger partial charge in [-0.1, -0.05) is 30.3 Å². The number of carbonyl (C=O) groups is 2. The van der Waals surface area contributed by atoms with Gasteiger partial charge in [0.05, 0.1) is 11.7 Å². The Morgan fingerprint density at radius 2 is 1.88 bits per heavy atom. The molecule has 8 nitrogen and oxygen atoms in total. The van der Waals surface area contributed by atoms with Crippen LogP contribution in [0.15, 0.2) is 47.4 Å². The van der Waals surface area contributed by atoms with Gasteiger partial charge in [-0.25, -0.2) is 8.42 Å². The fourth-order valence-corrected chi connectivity index (χ4v) is 5.90. The van der Waals surface area contributed by atoms with Crippen LogP contribution in [0, 0.1) is 6.92 Å². The topological polar surface area (TPSA) is 98.8 Å². The molecule has 0 bridgehead atoms. The van der Waals surface area contributed by atoms with Crippen LogP contribution < -0.4 is 10.6 Å². The number of aryl methyl sites for hydroxylation is 1. The van der Waals surface area contributed by atoms with Gasteiger partial charge in [0.15, 0.2) is 0 Å². The molecular formula is C24H32N4O4S. The molecule has 9 heteroatoms. The minimum absolute atomic E-state index is 0.0188. The molecular weight excluding hydrogens is 440 g/mol. The summed E-state index contributed by atoms with van der Waals surface area (Å²) in [6.07, 6.45) is 0.570. The summed E-state index contributed by atoms with van der Waals surface area (Å²) in [5.41, 5.74) is 2.88. The number of anilines is 1. The first-order chi connectivity index (χ1) is 15.6. The molecule has 33 heavy (non-hydrogen) atoms. The molecule has 2 aromatic rings. The molecule has 0 saturated carbocycles. The number of nitrogens with zero attached hydrogens (tertiary/aromatic N) is 2. The molecule has 1 atom stereocenters. The molecule has 0 radical (unpaired) electrons. The summed E-state index contributed by atoms with van der Waals surface area (Å²) >= 11 is 0. The number of benzene rings is 2. The van der Waals surface area contributed by atoms with Crippen LogP contribution in [0.5, 0.6) is 0 Å². The molecule has 0 fully saturated rings. The lowest BCUT2D eigenvalue weighted by molar-refractivity contribution is -0.122. The first-order valence-corrected chi connectivity index (χ1v) is 12.4. The van der Waals surface area contributed by atoms with E-state index in [1.165, 1.54) is 11.2 Å². The van der Waals surface area contributed by atoms with Crippen molar-refractivity contribution >= 4 is 27.5 Å². The van der Waals surface area contributed by atoms with E-state index < -0.39 is 16.1 Å². The lowest BCUT2D eigenvalue weighted by Crippen LogP contribution is -2.43. The predicted octanol–water partition coefficient (Wildman–Crippen LogP) is 2.31. The third-order valence-electron chi connectivity index (χ3n) is 5.66. The quantitative estimate of drug-likeness (QED) is 0.614. The number of rotatable bonds is 8. The van der Waals surface area contributed by atoms with Crippen molar-refractivity contribution in [1.29, 1.82) is 0 Å². The Balaban J connectivity index is 1.98. The largest absolute Gasteiger partial charge is 0.355 e. The summed E-state index contributed by atoms with van der Waals surface area (Å²) in [7, 11) is -0.156. The van der Waals surface area contributed by atoms with E-state index >= 15 is 0 Å². The van der Waals surface area contributed by atoms with Crippen LogP contribution >= 0.6 is 0 Å². The molecule has 0 spiro atoms. The van der Waals surface area contributed by atoms with E-state index in [1.54, 1.807) is 25.1 Å². The van der Waals surface area contributed by atoms with Crippen LogP contribution in [0.1, 0.15) is 36.1 Å². The van der Waals surface area contributed by atoms with Gasteiger partial charge in [0.25, 0.3) is 0 Å². The number of amides is 2. The van der Waals surface area contributed by atoms with Crippen molar-refractivity contribution in [2.45, 2.75) is 37.6 Å². The van der Waals surface area contributed by atoms with Gasteiger partial charge in [-0.2, -0.15) is 4.31 Å². The molecule has 1 aliphatic rings. The predicted molar refractivity (Wildman–Crippen MR) is 128 cm³/mol. The maximum absolute atomic E-state index is 13.9. The Hall–Kier alpha value is -2.75. The molecule has 1 aliphatic heterocycles. The van der Waals surface area contributed by atoms with E-state index in [1.807, 2.05) is 43.3 Å². The molecule has 178 valence electrons. The van der Waals surface area contributed by atoms with Gasteiger partial charge in [0.2, 0.25) is 21.8 Å². The van der Waals surface area contributed by atoms with Gasteiger partial charge < -0.3 is 15.5 Å². The molecule has 3 rings (SSSR count). The summed E-state index contributed by atoms with van der Waals surface area (Å²) < 4.78 is 29.2. The van der Waals surface area contributed by atoms with Gasteiger partial charge in [0, 0.05) is 33.0 Å². The second-order valence-corrected chi connectivity index (χ2v) is 10.5. The number of hydrogen-bond donors (Lipinski definition) is 2. The maximum Gasteiger partial charge on any atom is 0.245 e. The summed E-state index contributed by atoms with van der Waals surface area (Å²) in [5.74, 6) is -0.554. The van der Waals surface area contributed by atoms with Crippen LogP contribution in [0.3, 0.4) is 0 Å². The summed E-state index contributed by atoms with van der Waals surface area (Å²) in [5, 5.41) is 5.52. The van der Waals surface area contributed by atoms with Crippen molar-refractivity contribution < 1.29 is 18.0 Å². The minimum atomic E-state index is -4.00. The number of fused-ring (bicyclic) bond motifs is 1. The Kier molecular flexibility index (Phi) is 7.88. The van der Waals surface area contributed by atoms with E-state index in [2.05, 4.69) is 10.6 Å². The molecule has 0 aliphatic carbocycles. The molecule has 0 aromatic heterocycles. The molecule has 2 N–H and O–H groups in total. The Labute approximate surface area is 196 Å². The Morgan fingerprint density at radius 3 is 2.58 bits per heavy atom. The van der Waals surface area contributed by atoms with Crippen molar-refractivity contribution in [3.63, 3.8) is 0 Å². The molecule has 1 heterocycles. The fourth-order valence-electron chi connectivity index (χ4n) is 4.06. The highest BCUT2D eigenvalue weighted by Crippen LogP contribution is 2.38. The number of sulfonamides is 1. The summed E-state index contributed by atoms with van der Waals surface area (Å²) in [4.78, 5) is 26.5. The van der Waals surface area contributed by atoms with Gasteiger partial charge in [-0.05, 0) is 56.3 Å². The van der Waals surface area contributed by atoms with Crippen LogP contribution in [0.4, 0.5) is 5.69 Å². The van der Waals surface area contributed by atoms with E-state index in [-0.39, 0.29) is 35.4 Å². The SMILES string of the molecule is CC(=O)Nc1ccc(C)cc1S(=O)(=O)N1CCc2ccccc2[C@H]1CC(=O)NCCN(C)C. The highest BCUT2D eigenvalue weighted by Gasteiger charge is 2.38. The number of carbonyl (C=O) groups excluding carboxylic acids is 2. The first kappa shape index (κ1) is 24.9. The minimum Gasteiger partial charge on any atom is -0.355 e. The zero-order chi connectivity index (χ0) is 24.2. The normalized spacial score (nSPS) is 16.3. The lowest BCUT2D eigenvalue weighted by Gasteiger charge is -2.36. The number of likely N-dealkylation sites (N-methyl/N-ethyl adjacent to an activating group) is 1. The van der Waals surface area contributed by atoms with Crippen LogP contribution in [0.2, 0.25) is 0 Å². The van der Waals surface area contributed by atoms with E-state index in [9.17, 15) is 18.0 Å². The van der Waals surface area contributed by atoms with E-state index in [4.69, 9.17) is 0 Å². The van der Waals surface area contributed by atoms with Gasteiger partial charge in [-0.15, -0.1) is 0 Å². The maximum atomic E-state index is 13.9. The lowest BCUT2D eigenvalue weighted by atomic mass is 9.92. The van der Waals surface area contributed by atoms with Crippen molar-refractivity contribution in [2.24, 2.45) is 0 Å². The second kappa shape index (κ2) is 10.5. The van der Waals surface area contributed by atoms with Gasteiger partial charge in [0.1, 0.15) is 4.90 Å².